The summed E-state index contributed by atoms with van der Waals surface area (Å²) in [6, 6.07) is 6.11. The molecule has 0 spiro atoms. The number of benzene rings is 1. The number of allylic oxidation sites excluding steroid dienone is 1. The van der Waals surface area contributed by atoms with E-state index in [0.29, 0.717) is 11.6 Å². The molecule has 1 saturated carbocycles. The van der Waals surface area contributed by atoms with Crippen LogP contribution in [0.2, 0.25) is 0 Å². The largest absolute Gasteiger partial charge is 0.508 e. The number of phenolic OH excluding ortho intramolecular Hbond substituents is 1. The van der Waals surface area contributed by atoms with E-state index >= 15 is 0 Å². The molecular formula is C15H20N2O2. The number of amides is 2. The maximum atomic E-state index is 11.6. The molecule has 2 amide bonds. The zero-order valence-electron chi connectivity index (χ0n) is 10.9. The van der Waals surface area contributed by atoms with Crippen molar-refractivity contribution in [2.75, 3.05) is 5.32 Å². The lowest BCUT2D eigenvalue weighted by atomic mass is 9.89. The summed E-state index contributed by atoms with van der Waals surface area (Å²) in [4.78, 5) is 11.6. The van der Waals surface area contributed by atoms with Crippen molar-refractivity contribution in [2.24, 2.45) is 5.92 Å². The number of nitrogens with one attached hydrogen (secondary N) is 2. The molecule has 4 nitrogen and oxygen atoms in total. The standard InChI is InChI=1S/C15H20N2O2/c18-14-8-6-13(7-9-14)17-15(19)16-11-10-12-4-2-1-3-5-12/h6-12,18H,1-5H2,(H2,16,17,19)/b11-10+. The van der Waals surface area contributed by atoms with Gasteiger partial charge in [0, 0.05) is 11.9 Å². The predicted molar refractivity (Wildman–Crippen MR) is 76.0 cm³/mol. The van der Waals surface area contributed by atoms with E-state index in [4.69, 9.17) is 5.11 Å². The second-order valence-electron chi connectivity index (χ2n) is 4.90. The summed E-state index contributed by atoms with van der Waals surface area (Å²) >= 11 is 0. The third-order valence-electron chi connectivity index (χ3n) is 3.36. The molecule has 2 rings (SSSR count). The SMILES string of the molecule is O=C(N/C=C/C1CCCCC1)Nc1ccc(O)cc1. The van der Waals surface area contributed by atoms with Crippen molar-refractivity contribution in [1.82, 2.24) is 5.32 Å². The molecule has 102 valence electrons. The molecule has 0 bridgehead atoms. The predicted octanol–water partition coefficient (Wildman–Crippen LogP) is 3.61. The Bertz CT molecular complexity index is 434. The van der Waals surface area contributed by atoms with Gasteiger partial charge in [-0.3, -0.25) is 0 Å². The van der Waals surface area contributed by atoms with Gasteiger partial charge in [-0.1, -0.05) is 25.3 Å². The summed E-state index contributed by atoms with van der Waals surface area (Å²) in [5.41, 5.74) is 0.654. The molecule has 0 aliphatic heterocycles. The molecule has 19 heavy (non-hydrogen) atoms. The van der Waals surface area contributed by atoms with Gasteiger partial charge in [0.2, 0.25) is 0 Å². The molecule has 0 unspecified atom stereocenters. The summed E-state index contributed by atoms with van der Waals surface area (Å²) < 4.78 is 0. The van der Waals surface area contributed by atoms with Gasteiger partial charge in [0.05, 0.1) is 0 Å². The smallest absolute Gasteiger partial charge is 0.323 e. The van der Waals surface area contributed by atoms with Gasteiger partial charge in [0.1, 0.15) is 5.75 Å². The number of urea groups is 1. The zero-order valence-corrected chi connectivity index (χ0v) is 10.9. The van der Waals surface area contributed by atoms with E-state index in [-0.39, 0.29) is 11.8 Å². The minimum absolute atomic E-state index is 0.183. The van der Waals surface area contributed by atoms with Crippen molar-refractivity contribution < 1.29 is 9.90 Å². The second-order valence-corrected chi connectivity index (χ2v) is 4.90. The van der Waals surface area contributed by atoms with E-state index in [2.05, 4.69) is 16.7 Å². The number of rotatable bonds is 3. The lowest BCUT2D eigenvalue weighted by molar-refractivity contribution is 0.255. The molecule has 1 aromatic rings. The summed E-state index contributed by atoms with van der Waals surface area (Å²) in [6.07, 6.45) is 10.2. The van der Waals surface area contributed by atoms with Gasteiger partial charge in [-0.05, 0) is 43.0 Å². The van der Waals surface area contributed by atoms with E-state index in [0.717, 1.165) is 0 Å². The summed E-state index contributed by atoms with van der Waals surface area (Å²) in [5, 5.41) is 14.5. The molecule has 1 fully saturated rings. The molecule has 4 heteroatoms. The van der Waals surface area contributed by atoms with Gasteiger partial charge in [-0.15, -0.1) is 0 Å². The molecule has 0 aromatic heterocycles. The van der Waals surface area contributed by atoms with E-state index in [1.807, 2.05) is 0 Å². The normalized spacial score (nSPS) is 16.4. The molecule has 1 aliphatic rings. The first kappa shape index (κ1) is 13.5. The zero-order chi connectivity index (χ0) is 13.5. The summed E-state index contributed by atoms with van der Waals surface area (Å²) in [6.45, 7) is 0. The van der Waals surface area contributed by atoms with Gasteiger partial charge in [0.25, 0.3) is 0 Å². The highest BCUT2D eigenvalue weighted by atomic mass is 16.3. The van der Waals surface area contributed by atoms with Crippen molar-refractivity contribution in [3.05, 3.63) is 36.5 Å². The monoisotopic (exact) mass is 260 g/mol. The highest BCUT2D eigenvalue weighted by Crippen LogP contribution is 2.24. The Balaban J connectivity index is 1.74. The highest BCUT2D eigenvalue weighted by molar-refractivity contribution is 5.89. The van der Waals surface area contributed by atoms with Crippen LogP contribution < -0.4 is 10.6 Å². The number of carbonyl (C=O) groups excluding carboxylic acids is 1. The van der Waals surface area contributed by atoms with Crippen LogP contribution in [0.25, 0.3) is 0 Å². The minimum Gasteiger partial charge on any atom is -0.508 e. The molecule has 1 aromatic carbocycles. The third-order valence-corrected chi connectivity index (χ3v) is 3.36. The van der Waals surface area contributed by atoms with Crippen LogP contribution >= 0.6 is 0 Å². The Hall–Kier alpha value is -1.97. The first-order valence-electron chi connectivity index (χ1n) is 6.77. The Kier molecular flexibility index (Phi) is 4.84. The van der Waals surface area contributed by atoms with Gasteiger partial charge < -0.3 is 15.7 Å². The Labute approximate surface area is 113 Å². The van der Waals surface area contributed by atoms with E-state index in [1.165, 1.54) is 44.2 Å². The van der Waals surface area contributed by atoms with Crippen LogP contribution in [0.3, 0.4) is 0 Å². The number of phenols is 1. The van der Waals surface area contributed by atoms with Crippen molar-refractivity contribution in [3.63, 3.8) is 0 Å². The molecule has 0 heterocycles. The van der Waals surface area contributed by atoms with Crippen LogP contribution in [0.15, 0.2) is 36.5 Å². The van der Waals surface area contributed by atoms with Crippen molar-refractivity contribution >= 4 is 11.7 Å². The fourth-order valence-electron chi connectivity index (χ4n) is 2.30. The molecule has 0 atom stereocenters. The fourth-order valence-corrected chi connectivity index (χ4v) is 2.30. The minimum atomic E-state index is -0.266. The van der Waals surface area contributed by atoms with Crippen molar-refractivity contribution in [2.45, 2.75) is 32.1 Å². The maximum absolute atomic E-state index is 11.6. The second kappa shape index (κ2) is 6.83. The number of hydrogen-bond acceptors (Lipinski definition) is 2. The maximum Gasteiger partial charge on any atom is 0.323 e. The molecule has 1 aliphatic carbocycles. The topological polar surface area (TPSA) is 61.4 Å². The number of aromatic hydroxyl groups is 1. The van der Waals surface area contributed by atoms with Gasteiger partial charge in [0.15, 0.2) is 0 Å². The lowest BCUT2D eigenvalue weighted by Crippen LogP contribution is -2.24. The number of anilines is 1. The van der Waals surface area contributed by atoms with E-state index in [9.17, 15) is 4.79 Å². The van der Waals surface area contributed by atoms with E-state index in [1.54, 1.807) is 18.3 Å². The van der Waals surface area contributed by atoms with Crippen molar-refractivity contribution in [3.8, 4) is 5.75 Å². The first-order chi connectivity index (χ1) is 9.24. The van der Waals surface area contributed by atoms with Crippen LogP contribution in [0.4, 0.5) is 10.5 Å². The van der Waals surface area contributed by atoms with Gasteiger partial charge >= 0.3 is 6.03 Å². The van der Waals surface area contributed by atoms with Crippen LogP contribution in [-0.2, 0) is 0 Å². The fraction of sp³-hybridized carbons (Fsp3) is 0.400. The molecule has 3 N–H and O–H groups in total. The quantitative estimate of drug-likeness (QED) is 0.727. The average molecular weight is 260 g/mol. The van der Waals surface area contributed by atoms with Gasteiger partial charge in [-0.2, -0.15) is 0 Å². The van der Waals surface area contributed by atoms with Crippen LogP contribution in [0, 0.1) is 5.92 Å². The molecule has 0 saturated heterocycles. The average Bonchev–Trinajstić information content (AvgIpc) is 2.43. The van der Waals surface area contributed by atoms with Crippen LogP contribution in [-0.4, -0.2) is 11.1 Å². The number of hydrogen-bond donors (Lipinski definition) is 3. The van der Waals surface area contributed by atoms with Crippen LogP contribution in [0.1, 0.15) is 32.1 Å². The van der Waals surface area contributed by atoms with Crippen LogP contribution in [0.5, 0.6) is 5.75 Å². The Morgan fingerprint density at radius 2 is 1.84 bits per heavy atom. The molecule has 0 radical (unpaired) electrons. The Morgan fingerprint density at radius 1 is 1.16 bits per heavy atom. The highest BCUT2D eigenvalue weighted by Gasteiger charge is 2.09. The van der Waals surface area contributed by atoms with Gasteiger partial charge in [-0.25, -0.2) is 4.79 Å². The van der Waals surface area contributed by atoms with Crippen molar-refractivity contribution in [1.29, 1.82) is 0 Å². The Morgan fingerprint density at radius 3 is 2.53 bits per heavy atom. The number of carbonyl (C=O) groups is 1. The molecular weight excluding hydrogens is 240 g/mol. The summed E-state index contributed by atoms with van der Waals surface area (Å²) in [7, 11) is 0. The lowest BCUT2D eigenvalue weighted by Gasteiger charge is -2.17. The first-order valence-corrected chi connectivity index (χ1v) is 6.77. The summed E-state index contributed by atoms with van der Waals surface area (Å²) in [5.74, 6) is 0.783. The third kappa shape index (κ3) is 4.66. The van der Waals surface area contributed by atoms with E-state index < -0.39 is 0 Å².